The lowest BCUT2D eigenvalue weighted by Crippen LogP contribution is -2.33. The Bertz CT molecular complexity index is 70.8. The van der Waals surface area contributed by atoms with Gasteiger partial charge in [0.05, 0.1) is 0 Å². The molecule has 0 aliphatic carbocycles. The van der Waals surface area contributed by atoms with Crippen LogP contribution < -0.4 is 5.73 Å². The second kappa shape index (κ2) is 7.28. The van der Waals surface area contributed by atoms with E-state index in [4.69, 9.17) is 10.8 Å². The summed E-state index contributed by atoms with van der Waals surface area (Å²) in [5.74, 6) is 0. The molecule has 0 radical (unpaired) electrons. The first-order chi connectivity index (χ1) is 4.16. The molecule has 0 aliphatic rings. The Morgan fingerprint density at radius 1 is 1.50 bits per heavy atom. The van der Waals surface area contributed by atoms with Crippen molar-refractivity contribution in [2.45, 2.75) is 12.5 Å². The zero-order valence-corrected chi connectivity index (χ0v) is 7.40. The highest BCUT2D eigenvalue weighted by atomic mass is 35.5. The Balaban J connectivity index is 0. The predicted molar refractivity (Wildman–Crippen MR) is 45.5 cm³/mol. The molecule has 3 N–H and O–H groups in total. The average Bonchev–Trinajstić information content (AvgIpc) is 1.63. The molecule has 10 heavy (non-hydrogen) atoms. The van der Waals surface area contributed by atoms with Gasteiger partial charge in [-0.15, -0.1) is 12.4 Å². The van der Waals surface area contributed by atoms with Crippen LogP contribution in [0.25, 0.3) is 0 Å². The van der Waals surface area contributed by atoms with Crippen LogP contribution in [0.3, 0.4) is 0 Å². The van der Waals surface area contributed by atoms with Gasteiger partial charge in [0.2, 0.25) is 0 Å². The summed E-state index contributed by atoms with van der Waals surface area (Å²) in [6.45, 7) is 1.04. The van der Waals surface area contributed by atoms with Crippen molar-refractivity contribution in [3.8, 4) is 0 Å². The summed E-state index contributed by atoms with van der Waals surface area (Å²) in [6, 6.07) is 0.116. The number of aliphatic hydroxyl groups is 1. The molecule has 0 aromatic heterocycles. The van der Waals surface area contributed by atoms with E-state index >= 15 is 0 Å². The highest BCUT2D eigenvalue weighted by Gasteiger charge is 2.00. The smallest absolute Gasteiger partial charge is 0.0446 e. The predicted octanol–water partition coefficient (Wildman–Crippen LogP) is -0.320. The van der Waals surface area contributed by atoms with Crippen LogP contribution in [0, 0.1) is 0 Å². The van der Waals surface area contributed by atoms with E-state index in [1.165, 1.54) is 0 Å². The number of aliphatic hydroxyl groups excluding tert-OH is 1. The maximum absolute atomic E-state index is 8.45. The van der Waals surface area contributed by atoms with Gasteiger partial charge in [-0.3, -0.25) is 0 Å². The van der Waals surface area contributed by atoms with Crippen LogP contribution in [0.2, 0.25) is 0 Å². The average molecular weight is 169 g/mol. The largest absolute Gasteiger partial charge is 0.396 e. The number of nitrogens with two attached hydrogens (primary N) is 1. The fourth-order valence-corrected chi connectivity index (χ4v) is 0.726. The van der Waals surface area contributed by atoms with Crippen LogP contribution in [0.15, 0.2) is 0 Å². The van der Waals surface area contributed by atoms with Crippen molar-refractivity contribution >= 4 is 12.4 Å². The van der Waals surface area contributed by atoms with E-state index in [1.807, 2.05) is 19.0 Å². The monoisotopic (exact) mass is 168 g/mol. The molecule has 1 atom stereocenters. The Kier molecular flexibility index (Phi) is 9.33. The molecule has 1 unspecified atom stereocenters. The van der Waals surface area contributed by atoms with E-state index in [0.29, 0.717) is 6.42 Å². The van der Waals surface area contributed by atoms with Gasteiger partial charge < -0.3 is 15.7 Å². The number of hydrogen-bond acceptors (Lipinski definition) is 3. The fraction of sp³-hybridized carbons (Fsp3) is 1.00. The molecule has 3 nitrogen and oxygen atoms in total. The molecule has 64 valence electrons. The van der Waals surface area contributed by atoms with Gasteiger partial charge in [0.1, 0.15) is 0 Å². The SMILES string of the molecule is CN(C)CC(N)CCO.Cl. The number of hydrogen-bond donors (Lipinski definition) is 2. The van der Waals surface area contributed by atoms with Crippen molar-refractivity contribution in [3.63, 3.8) is 0 Å². The summed E-state index contributed by atoms with van der Waals surface area (Å²) in [5.41, 5.74) is 5.58. The summed E-state index contributed by atoms with van der Waals surface area (Å²) in [5, 5.41) is 8.45. The molecule has 0 spiro atoms. The zero-order valence-electron chi connectivity index (χ0n) is 6.58. The van der Waals surface area contributed by atoms with Crippen molar-refractivity contribution in [2.75, 3.05) is 27.2 Å². The van der Waals surface area contributed by atoms with Gasteiger partial charge in [-0.05, 0) is 20.5 Å². The number of likely N-dealkylation sites (N-methyl/N-ethyl adjacent to an activating group) is 1. The van der Waals surface area contributed by atoms with Crippen LogP contribution >= 0.6 is 12.4 Å². The van der Waals surface area contributed by atoms with Crippen molar-refractivity contribution in [1.82, 2.24) is 4.90 Å². The third-order valence-electron chi connectivity index (χ3n) is 1.10. The van der Waals surface area contributed by atoms with E-state index in [2.05, 4.69) is 0 Å². The van der Waals surface area contributed by atoms with Gasteiger partial charge >= 0.3 is 0 Å². The zero-order chi connectivity index (χ0) is 7.28. The van der Waals surface area contributed by atoms with Crippen LogP contribution in [0.1, 0.15) is 6.42 Å². The molecule has 0 aromatic rings. The quantitative estimate of drug-likeness (QED) is 0.605. The molecule has 0 amide bonds. The summed E-state index contributed by atoms with van der Waals surface area (Å²) < 4.78 is 0. The maximum atomic E-state index is 8.45. The number of halogens is 1. The highest BCUT2D eigenvalue weighted by molar-refractivity contribution is 5.85. The van der Waals surface area contributed by atoms with Crippen molar-refractivity contribution in [2.24, 2.45) is 5.73 Å². The molecular weight excluding hydrogens is 152 g/mol. The van der Waals surface area contributed by atoms with E-state index < -0.39 is 0 Å². The van der Waals surface area contributed by atoms with Gasteiger partial charge in [0, 0.05) is 19.2 Å². The van der Waals surface area contributed by atoms with Crippen molar-refractivity contribution in [1.29, 1.82) is 0 Å². The van der Waals surface area contributed by atoms with E-state index in [9.17, 15) is 0 Å². The second-order valence-electron chi connectivity index (χ2n) is 2.53. The third kappa shape index (κ3) is 8.17. The van der Waals surface area contributed by atoms with E-state index in [-0.39, 0.29) is 25.1 Å². The Morgan fingerprint density at radius 2 is 2.00 bits per heavy atom. The molecule has 0 fully saturated rings. The van der Waals surface area contributed by atoms with Gasteiger partial charge in [0.25, 0.3) is 0 Å². The molecule has 0 bridgehead atoms. The molecular formula is C6H17ClN2O. The number of rotatable bonds is 4. The van der Waals surface area contributed by atoms with Gasteiger partial charge in [0.15, 0.2) is 0 Å². The van der Waals surface area contributed by atoms with E-state index in [0.717, 1.165) is 6.54 Å². The molecule has 0 aliphatic heterocycles. The Labute approximate surface area is 68.6 Å². The summed E-state index contributed by atoms with van der Waals surface area (Å²) in [6.07, 6.45) is 0.693. The molecule has 0 saturated carbocycles. The maximum Gasteiger partial charge on any atom is 0.0446 e. The van der Waals surface area contributed by atoms with Gasteiger partial charge in [-0.2, -0.15) is 0 Å². The minimum absolute atomic E-state index is 0. The van der Waals surface area contributed by atoms with Crippen LogP contribution in [-0.2, 0) is 0 Å². The summed E-state index contributed by atoms with van der Waals surface area (Å²) in [4.78, 5) is 2.01. The molecule has 0 heterocycles. The molecule has 0 saturated heterocycles. The summed E-state index contributed by atoms with van der Waals surface area (Å²) in [7, 11) is 3.94. The molecule has 0 rings (SSSR count). The van der Waals surface area contributed by atoms with Crippen LogP contribution in [-0.4, -0.2) is 43.3 Å². The molecule has 0 aromatic carbocycles. The second-order valence-corrected chi connectivity index (χ2v) is 2.53. The normalized spacial score (nSPS) is 12.9. The standard InChI is InChI=1S/C6H16N2O.ClH/c1-8(2)5-6(7)3-4-9;/h6,9H,3-5,7H2,1-2H3;1H. The summed E-state index contributed by atoms with van der Waals surface area (Å²) >= 11 is 0. The lowest BCUT2D eigenvalue weighted by molar-refractivity contribution is 0.259. The highest BCUT2D eigenvalue weighted by Crippen LogP contribution is 1.87. The minimum atomic E-state index is 0. The van der Waals surface area contributed by atoms with Crippen LogP contribution in [0.4, 0.5) is 0 Å². The Hall–Kier alpha value is 0.170. The van der Waals surface area contributed by atoms with Crippen LogP contribution in [0.5, 0.6) is 0 Å². The first-order valence-corrected chi connectivity index (χ1v) is 3.18. The van der Waals surface area contributed by atoms with Crippen molar-refractivity contribution < 1.29 is 5.11 Å². The first-order valence-electron chi connectivity index (χ1n) is 3.18. The lowest BCUT2D eigenvalue weighted by atomic mass is 10.2. The lowest BCUT2D eigenvalue weighted by Gasteiger charge is -2.14. The Morgan fingerprint density at radius 3 is 2.30 bits per heavy atom. The van der Waals surface area contributed by atoms with Gasteiger partial charge in [-0.1, -0.05) is 0 Å². The van der Waals surface area contributed by atoms with E-state index in [1.54, 1.807) is 0 Å². The minimum Gasteiger partial charge on any atom is -0.396 e. The number of nitrogens with zero attached hydrogens (tertiary/aromatic N) is 1. The first kappa shape index (κ1) is 12.8. The third-order valence-corrected chi connectivity index (χ3v) is 1.10. The van der Waals surface area contributed by atoms with Crippen molar-refractivity contribution in [3.05, 3.63) is 0 Å². The topological polar surface area (TPSA) is 49.5 Å². The fourth-order valence-electron chi connectivity index (χ4n) is 0.726. The van der Waals surface area contributed by atoms with Gasteiger partial charge in [-0.25, -0.2) is 0 Å². The molecule has 4 heteroatoms.